The van der Waals surface area contributed by atoms with Gasteiger partial charge in [-0.15, -0.1) is 0 Å². The number of carbonyl (C=O) groups is 1. The Morgan fingerprint density at radius 2 is 2.29 bits per heavy atom. The highest BCUT2D eigenvalue weighted by atomic mass is 79.9. The zero-order valence-corrected chi connectivity index (χ0v) is 10.4. The van der Waals surface area contributed by atoms with E-state index in [0.29, 0.717) is 10.9 Å². The molecule has 17 heavy (non-hydrogen) atoms. The molecule has 0 saturated heterocycles. The normalized spacial score (nSPS) is 10.5. The number of fused-ring (bicyclic) bond motifs is 1. The number of halogens is 1. The maximum absolute atomic E-state index is 11.1. The lowest BCUT2D eigenvalue weighted by atomic mass is 10.2. The van der Waals surface area contributed by atoms with Crippen molar-refractivity contribution in [1.82, 2.24) is 4.98 Å². The fraction of sp³-hybridized carbons (Fsp3) is 0.100. The van der Waals surface area contributed by atoms with Gasteiger partial charge in [0.1, 0.15) is 5.75 Å². The Labute approximate surface area is 106 Å². The van der Waals surface area contributed by atoms with Gasteiger partial charge < -0.3 is 19.4 Å². The van der Waals surface area contributed by atoms with Gasteiger partial charge in [0.2, 0.25) is 0 Å². The molecule has 0 unspecified atom stereocenters. The topological polar surface area (TPSA) is 71.6 Å². The quantitative estimate of drug-likeness (QED) is 0.849. The van der Waals surface area contributed by atoms with Gasteiger partial charge in [-0.1, -0.05) is 6.07 Å². The van der Waals surface area contributed by atoms with Crippen molar-refractivity contribution in [3.63, 3.8) is 0 Å². The van der Waals surface area contributed by atoms with Crippen LogP contribution in [0.1, 0.15) is 10.5 Å². The molecule has 0 aliphatic heterocycles. The molecular weight excluding hydrogens is 289 g/mol. The van der Waals surface area contributed by atoms with Crippen molar-refractivity contribution in [2.45, 2.75) is 0 Å². The predicted octanol–water partition coefficient (Wildman–Crippen LogP) is 2.19. The summed E-state index contributed by atoms with van der Waals surface area (Å²) in [7, 11) is 2.50. The first-order chi connectivity index (χ1) is 8.15. The van der Waals surface area contributed by atoms with Crippen LogP contribution in [0.3, 0.4) is 0 Å². The molecule has 0 bridgehead atoms. The standard InChI is InChI=1S/C10H8BBrNO4/c1-16-11-17-9-7-5(12)3-2-4-6(7)13-8(9)10(14)15/h2-4,13H,1H3,(H,14,15). The van der Waals surface area contributed by atoms with Crippen LogP contribution < -0.4 is 4.65 Å². The highest BCUT2D eigenvalue weighted by Gasteiger charge is 2.20. The second-order valence-corrected chi connectivity index (χ2v) is 4.10. The fourth-order valence-corrected chi connectivity index (χ4v) is 2.09. The zero-order valence-electron chi connectivity index (χ0n) is 8.86. The first-order valence-electron chi connectivity index (χ1n) is 4.69. The van der Waals surface area contributed by atoms with Crippen molar-refractivity contribution >= 4 is 40.5 Å². The van der Waals surface area contributed by atoms with Gasteiger partial charge in [-0.05, 0) is 28.1 Å². The van der Waals surface area contributed by atoms with Crippen LogP contribution in [0, 0.1) is 0 Å². The Bertz CT molecular complexity index is 569. The third-order valence-corrected chi connectivity index (χ3v) is 2.86. The zero-order chi connectivity index (χ0) is 12.4. The number of nitrogens with one attached hydrogen (secondary N) is 1. The molecule has 2 aromatic rings. The fourth-order valence-electron chi connectivity index (χ4n) is 1.54. The highest BCUT2D eigenvalue weighted by molar-refractivity contribution is 9.10. The number of carboxylic acids is 1. The molecule has 0 saturated carbocycles. The van der Waals surface area contributed by atoms with Gasteiger partial charge in [-0.2, -0.15) is 0 Å². The molecule has 1 aromatic carbocycles. The predicted molar refractivity (Wildman–Crippen MR) is 66.3 cm³/mol. The number of aromatic nitrogens is 1. The van der Waals surface area contributed by atoms with E-state index in [1.165, 1.54) is 7.11 Å². The molecule has 1 radical (unpaired) electrons. The summed E-state index contributed by atoms with van der Waals surface area (Å²) in [6.07, 6.45) is 0. The summed E-state index contributed by atoms with van der Waals surface area (Å²) in [6.45, 7) is 0. The molecule has 87 valence electrons. The van der Waals surface area contributed by atoms with E-state index in [1.54, 1.807) is 12.1 Å². The molecule has 0 amide bonds. The molecule has 0 atom stereocenters. The number of hydrogen-bond acceptors (Lipinski definition) is 3. The Kier molecular flexibility index (Phi) is 3.39. The Balaban J connectivity index is 2.64. The van der Waals surface area contributed by atoms with Gasteiger partial charge in [-0.25, -0.2) is 4.79 Å². The van der Waals surface area contributed by atoms with Gasteiger partial charge in [0.05, 0.1) is 10.9 Å². The number of aromatic amines is 1. The van der Waals surface area contributed by atoms with Crippen molar-refractivity contribution in [2.24, 2.45) is 0 Å². The minimum atomic E-state index is -1.09. The van der Waals surface area contributed by atoms with Crippen LogP contribution >= 0.6 is 15.9 Å². The molecule has 1 heterocycles. The van der Waals surface area contributed by atoms with E-state index in [1.807, 2.05) is 6.07 Å². The number of aromatic carboxylic acids is 1. The molecule has 1 aromatic heterocycles. The van der Waals surface area contributed by atoms with E-state index in [-0.39, 0.29) is 11.4 Å². The van der Waals surface area contributed by atoms with E-state index in [0.717, 1.165) is 12.2 Å². The molecule has 5 nitrogen and oxygen atoms in total. The molecule has 0 aliphatic carbocycles. The first-order valence-corrected chi connectivity index (χ1v) is 5.49. The molecule has 2 N–H and O–H groups in total. The summed E-state index contributed by atoms with van der Waals surface area (Å²) in [6, 6.07) is 5.38. The van der Waals surface area contributed by atoms with Crippen LogP contribution in [0.5, 0.6) is 5.75 Å². The Morgan fingerprint density at radius 1 is 1.53 bits per heavy atom. The smallest absolute Gasteiger partial charge is 0.535 e. The van der Waals surface area contributed by atoms with Gasteiger partial charge >= 0.3 is 13.7 Å². The third-order valence-electron chi connectivity index (χ3n) is 2.20. The van der Waals surface area contributed by atoms with Gasteiger partial charge in [-0.3, -0.25) is 0 Å². The minimum absolute atomic E-state index is 0.0137. The van der Waals surface area contributed by atoms with Crippen molar-refractivity contribution < 1.29 is 19.2 Å². The largest absolute Gasteiger partial charge is 0.572 e. The van der Waals surface area contributed by atoms with E-state index >= 15 is 0 Å². The van der Waals surface area contributed by atoms with Crippen LogP contribution in [0.15, 0.2) is 22.7 Å². The summed E-state index contributed by atoms with van der Waals surface area (Å²) < 4.78 is 10.6. The van der Waals surface area contributed by atoms with Crippen LogP contribution in [0.4, 0.5) is 0 Å². The number of H-pyrrole nitrogens is 1. The molecule has 7 heteroatoms. The number of benzene rings is 1. The average molecular weight is 297 g/mol. The lowest BCUT2D eigenvalue weighted by Gasteiger charge is -2.03. The molecular formula is C10H8BBrNO4. The SMILES string of the molecule is CO[B]Oc1c(C(=O)O)[nH]c2cccc(Br)c12. The van der Waals surface area contributed by atoms with Gasteiger partial charge in [0.15, 0.2) is 5.69 Å². The van der Waals surface area contributed by atoms with E-state index in [2.05, 4.69) is 25.6 Å². The second kappa shape index (κ2) is 4.81. The van der Waals surface area contributed by atoms with Crippen LogP contribution in [0.2, 0.25) is 0 Å². The van der Waals surface area contributed by atoms with Crippen LogP contribution in [-0.4, -0.2) is 30.9 Å². The monoisotopic (exact) mass is 296 g/mol. The Hall–Kier alpha value is -1.47. The number of rotatable bonds is 4. The van der Waals surface area contributed by atoms with Crippen molar-refractivity contribution in [1.29, 1.82) is 0 Å². The summed E-state index contributed by atoms with van der Waals surface area (Å²) in [5.41, 5.74) is 0.663. The van der Waals surface area contributed by atoms with E-state index < -0.39 is 5.97 Å². The summed E-state index contributed by atoms with van der Waals surface area (Å²) >= 11 is 3.35. The van der Waals surface area contributed by atoms with Crippen molar-refractivity contribution in [3.05, 3.63) is 28.4 Å². The summed E-state index contributed by atoms with van der Waals surface area (Å²) in [5, 5.41) is 9.74. The lowest BCUT2D eigenvalue weighted by Crippen LogP contribution is -2.08. The summed E-state index contributed by atoms with van der Waals surface area (Å²) in [5.74, 6) is -0.866. The highest BCUT2D eigenvalue weighted by Crippen LogP contribution is 2.35. The van der Waals surface area contributed by atoms with Gasteiger partial charge in [0.25, 0.3) is 0 Å². The minimum Gasteiger partial charge on any atom is -0.535 e. The number of carboxylic acid groups (broad SMARTS) is 1. The van der Waals surface area contributed by atoms with Crippen LogP contribution in [-0.2, 0) is 4.65 Å². The molecule has 0 aliphatic rings. The first kappa shape index (κ1) is 12.0. The van der Waals surface area contributed by atoms with Gasteiger partial charge in [0, 0.05) is 11.6 Å². The maximum Gasteiger partial charge on any atom is 0.572 e. The maximum atomic E-state index is 11.1. The average Bonchev–Trinajstić information content (AvgIpc) is 2.66. The van der Waals surface area contributed by atoms with Crippen molar-refractivity contribution in [2.75, 3.05) is 7.11 Å². The molecule has 0 fully saturated rings. The van der Waals surface area contributed by atoms with Crippen LogP contribution in [0.25, 0.3) is 10.9 Å². The lowest BCUT2D eigenvalue weighted by molar-refractivity contribution is 0.0689. The molecule has 0 spiro atoms. The van der Waals surface area contributed by atoms with Crippen molar-refractivity contribution in [3.8, 4) is 5.75 Å². The van der Waals surface area contributed by atoms with E-state index in [4.69, 9.17) is 9.76 Å². The Morgan fingerprint density at radius 3 is 2.94 bits per heavy atom. The molecule has 2 rings (SSSR count). The second-order valence-electron chi connectivity index (χ2n) is 3.25. The summed E-state index contributed by atoms with van der Waals surface area (Å²) in [4.78, 5) is 13.9. The third kappa shape index (κ3) is 2.16. The van der Waals surface area contributed by atoms with E-state index in [9.17, 15) is 4.79 Å². The number of hydrogen-bond donors (Lipinski definition) is 2.